The van der Waals surface area contributed by atoms with Gasteiger partial charge in [0.25, 0.3) is 0 Å². The number of halogens is 1. The maximum atomic E-state index is 6.27. The van der Waals surface area contributed by atoms with E-state index >= 15 is 0 Å². The molecule has 0 amide bonds. The molecule has 0 heterocycles. The van der Waals surface area contributed by atoms with Crippen LogP contribution in [0.15, 0.2) is 42.5 Å². The van der Waals surface area contributed by atoms with Gasteiger partial charge in [-0.15, -0.1) is 0 Å². The Morgan fingerprint density at radius 3 is 2.57 bits per heavy atom. The van der Waals surface area contributed by atoms with Crippen LogP contribution in [0.2, 0.25) is 5.02 Å². The van der Waals surface area contributed by atoms with Gasteiger partial charge in [-0.25, -0.2) is 0 Å². The van der Waals surface area contributed by atoms with Crippen molar-refractivity contribution in [1.29, 1.82) is 0 Å². The van der Waals surface area contributed by atoms with Crippen molar-refractivity contribution in [1.82, 2.24) is 0 Å². The minimum absolute atomic E-state index is 0.107. The molecule has 0 aliphatic heterocycles. The van der Waals surface area contributed by atoms with Crippen molar-refractivity contribution in [3.8, 4) is 17.2 Å². The largest absolute Gasteiger partial charge is 0.494 e. The van der Waals surface area contributed by atoms with Crippen LogP contribution >= 0.6 is 11.6 Å². The van der Waals surface area contributed by atoms with E-state index in [1.54, 1.807) is 0 Å². The molecule has 21 heavy (non-hydrogen) atoms. The Bertz CT molecular complexity index is 599. The summed E-state index contributed by atoms with van der Waals surface area (Å²) < 4.78 is 11.3. The van der Waals surface area contributed by atoms with E-state index in [9.17, 15) is 0 Å². The number of ether oxygens (including phenoxy) is 2. The zero-order chi connectivity index (χ0) is 15.2. The van der Waals surface area contributed by atoms with Gasteiger partial charge in [-0.3, -0.25) is 0 Å². The average molecular weight is 306 g/mol. The molecule has 112 valence electrons. The van der Waals surface area contributed by atoms with E-state index in [2.05, 4.69) is 0 Å². The molecule has 1 atom stereocenters. The molecular weight excluding hydrogens is 286 g/mol. The number of hydrogen-bond acceptors (Lipinski definition) is 3. The molecule has 0 saturated carbocycles. The van der Waals surface area contributed by atoms with Crippen LogP contribution in [0.25, 0.3) is 0 Å². The molecule has 2 aromatic carbocycles. The van der Waals surface area contributed by atoms with Gasteiger partial charge in [-0.2, -0.15) is 0 Å². The fourth-order valence-corrected chi connectivity index (χ4v) is 2.29. The second-order valence-electron chi connectivity index (χ2n) is 4.96. The first kappa shape index (κ1) is 15.7. The summed E-state index contributed by atoms with van der Waals surface area (Å²) >= 11 is 6.27. The monoisotopic (exact) mass is 305 g/mol. The van der Waals surface area contributed by atoms with Gasteiger partial charge in [0.1, 0.15) is 17.2 Å². The van der Waals surface area contributed by atoms with Gasteiger partial charge in [0.15, 0.2) is 0 Å². The normalized spacial score (nSPS) is 12.0. The lowest BCUT2D eigenvalue weighted by Crippen LogP contribution is -2.17. The summed E-state index contributed by atoms with van der Waals surface area (Å²) in [6, 6.07) is 13.3. The predicted octanol–water partition coefficient (Wildman–Crippen LogP) is 4.42. The molecule has 4 heteroatoms. The highest BCUT2D eigenvalue weighted by atomic mass is 35.5. The van der Waals surface area contributed by atoms with E-state index in [1.165, 1.54) is 0 Å². The smallest absolute Gasteiger partial charge is 0.146 e. The van der Waals surface area contributed by atoms with Crippen LogP contribution < -0.4 is 15.2 Å². The Balaban J connectivity index is 2.14. The molecule has 0 fully saturated rings. The van der Waals surface area contributed by atoms with Gasteiger partial charge in [0, 0.05) is 12.1 Å². The molecule has 2 N–H and O–H groups in total. The maximum absolute atomic E-state index is 6.27. The van der Waals surface area contributed by atoms with E-state index in [0.29, 0.717) is 23.1 Å². The second kappa shape index (κ2) is 7.34. The lowest BCUT2D eigenvalue weighted by atomic mass is 10.1. The quantitative estimate of drug-likeness (QED) is 0.859. The van der Waals surface area contributed by atoms with Crippen LogP contribution in [0, 0.1) is 0 Å². The Labute approximate surface area is 130 Å². The highest BCUT2D eigenvalue weighted by Crippen LogP contribution is 2.31. The molecule has 0 aromatic heterocycles. The van der Waals surface area contributed by atoms with Crippen LogP contribution in [-0.4, -0.2) is 12.6 Å². The fourth-order valence-electron chi connectivity index (χ4n) is 2.05. The second-order valence-corrected chi connectivity index (χ2v) is 5.36. The highest BCUT2D eigenvalue weighted by Gasteiger charge is 2.07. The molecule has 0 spiro atoms. The Morgan fingerprint density at radius 2 is 1.90 bits per heavy atom. The average Bonchev–Trinajstić information content (AvgIpc) is 2.42. The van der Waals surface area contributed by atoms with Crippen molar-refractivity contribution in [2.24, 2.45) is 5.73 Å². The van der Waals surface area contributed by atoms with Gasteiger partial charge >= 0.3 is 0 Å². The van der Waals surface area contributed by atoms with Gasteiger partial charge in [0.2, 0.25) is 0 Å². The third-order valence-corrected chi connectivity index (χ3v) is 3.19. The maximum Gasteiger partial charge on any atom is 0.146 e. The first-order valence-corrected chi connectivity index (χ1v) is 7.41. The molecule has 2 rings (SSSR count). The van der Waals surface area contributed by atoms with E-state index < -0.39 is 0 Å². The Morgan fingerprint density at radius 1 is 1.14 bits per heavy atom. The zero-order valence-corrected chi connectivity index (χ0v) is 13.1. The van der Waals surface area contributed by atoms with Crippen LogP contribution in [-0.2, 0) is 6.42 Å². The number of hydrogen-bond donors (Lipinski definition) is 1. The van der Waals surface area contributed by atoms with Crippen LogP contribution in [0.5, 0.6) is 17.2 Å². The minimum atomic E-state index is 0.107. The molecule has 3 nitrogen and oxygen atoms in total. The summed E-state index contributed by atoms with van der Waals surface area (Å²) in [4.78, 5) is 0. The van der Waals surface area contributed by atoms with Gasteiger partial charge < -0.3 is 15.2 Å². The predicted molar refractivity (Wildman–Crippen MR) is 86.5 cm³/mol. The first-order valence-electron chi connectivity index (χ1n) is 7.03. The SMILES string of the molecule is CCOc1cccc(Oc2ccc(CC(C)N)cc2Cl)c1. The standard InChI is InChI=1S/C17H20ClNO2/c1-3-20-14-5-4-6-15(11-14)21-17-8-7-13(9-12(2)19)10-16(17)18/h4-8,10-12H,3,9,19H2,1-2H3. The van der Waals surface area contributed by atoms with Gasteiger partial charge in [-0.05, 0) is 50.1 Å². The van der Waals surface area contributed by atoms with Crippen molar-refractivity contribution >= 4 is 11.6 Å². The number of rotatable bonds is 6. The van der Waals surface area contributed by atoms with Crippen molar-refractivity contribution in [2.75, 3.05) is 6.61 Å². The minimum Gasteiger partial charge on any atom is -0.494 e. The summed E-state index contributed by atoms with van der Waals surface area (Å²) in [5.41, 5.74) is 6.90. The lowest BCUT2D eigenvalue weighted by molar-refractivity contribution is 0.338. The summed E-state index contributed by atoms with van der Waals surface area (Å²) in [5.74, 6) is 2.10. The van der Waals surface area contributed by atoms with Crippen molar-refractivity contribution in [3.05, 3.63) is 53.1 Å². The Hall–Kier alpha value is -1.71. The lowest BCUT2D eigenvalue weighted by Gasteiger charge is -2.11. The molecule has 0 aliphatic carbocycles. The van der Waals surface area contributed by atoms with Crippen molar-refractivity contribution in [3.63, 3.8) is 0 Å². The van der Waals surface area contributed by atoms with E-state index in [-0.39, 0.29) is 6.04 Å². The molecule has 2 aromatic rings. The van der Waals surface area contributed by atoms with Crippen LogP contribution in [0.1, 0.15) is 19.4 Å². The number of benzene rings is 2. The fraction of sp³-hybridized carbons (Fsp3) is 0.294. The van der Waals surface area contributed by atoms with Crippen molar-refractivity contribution in [2.45, 2.75) is 26.3 Å². The van der Waals surface area contributed by atoms with E-state index in [0.717, 1.165) is 17.7 Å². The highest BCUT2D eigenvalue weighted by molar-refractivity contribution is 6.32. The number of nitrogens with two attached hydrogens (primary N) is 1. The van der Waals surface area contributed by atoms with Crippen LogP contribution in [0.4, 0.5) is 0 Å². The summed E-state index contributed by atoms with van der Waals surface area (Å²) in [7, 11) is 0. The topological polar surface area (TPSA) is 44.5 Å². The Kier molecular flexibility index (Phi) is 5.48. The molecule has 0 bridgehead atoms. The molecule has 1 unspecified atom stereocenters. The zero-order valence-electron chi connectivity index (χ0n) is 12.3. The van der Waals surface area contributed by atoms with Crippen molar-refractivity contribution < 1.29 is 9.47 Å². The molecule has 0 radical (unpaired) electrons. The first-order chi connectivity index (χ1) is 10.1. The molecule has 0 aliphatic rings. The van der Waals surface area contributed by atoms with E-state index in [4.69, 9.17) is 26.8 Å². The summed E-state index contributed by atoms with van der Waals surface area (Å²) in [6.45, 7) is 4.54. The third kappa shape index (κ3) is 4.66. The molecule has 0 saturated heterocycles. The summed E-state index contributed by atoms with van der Waals surface area (Å²) in [6.07, 6.45) is 0.791. The molecular formula is C17H20ClNO2. The van der Waals surface area contributed by atoms with E-state index in [1.807, 2.05) is 56.3 Å². The van der Waals surface area contributed by atoms with Gasteiger partial charge in [-0.1, -0.05) is 23.7 Å². The summed E-state index contributed by atoms with van der Waals surface area (Å²) in [5, 5.41) is 0.579. The van der Waals surface area contributed by atoms with Gasteiger partial charge in [0.05, 0.1) is 11.6 Å². The third-order valence-electron chi connectivity index (χ3n) is 2.90. The van der Waals surface area contributed by atoms with Crippen LogP contribution in [0.3, 0.4) is 0 Å².